The quantitative estimate of drug-likeness (QED) is 0.286. The largest absolute Gasteiger partial charge is 0.508 e. The molecule has 5 rings (SSSR count). The molecule has 202 valence electrons. The molecule has 0 heterocycles. The topological polar surface area (TPSA) is 177 Å². The van der Waals surface area contributed by atoms with Gasteiger partial charge in [-0.05, 0) is 53.6 Å². The first kappa shape index (κ1) is 26.1. The average molecular weight is 534 g/mol. The molecule has 3 aliphatic carbocycles. The van der Waals surface area contributed by atoms with Gasteiger partial charge in [0, 0.05) is 17.9 Å². The van der Waals surface area contributed by atoms with Crippen molar-refractivity contribution in [3.63, 3.8) is 0 Å². The number of fused-ring (bicyclic) bond motifs is 3. The van der Waals surface area contributed by atoms with Gasteiger partial charge in [-0.15, -0.1) is 0 Å². The molecule has 0 bridgehead atoms. The Morgan fingerprint density at radius 1 is 1.03 bits per heavy atom. The van der Waals surface area contributed by atoms with Crippen molar-refractivity contribution in [1.29, 1.82) is 0 Å². The molecule has 3 unspecified atom stereocenters. The number of Topliss-reactive ketones (excluding diaryl/α,β-unsaturated/α-hetero) is 2. The fourth-order valence-electron chi connectivity index (χ4n) is 5.94. The molecule has 2 aromatic rings. The number of primary amides is 1. The van der Waals surface area contributed by atoms with E-state index in [0.29, 0.717) is 22.6 Å². The van der Waals surface area contributed by atoms with Gasteiger partial charge in [0.15, 0.2) is 22.9 Å². The van der Waals surface area contributed by atoms with Crippen LogP contribution in [0.1, 0.15) is 35.1 Å². The first-order valence-corrected chi connectivity index (χ1v) is 12.2. The van der Waals surface area contributed by atoms with E-state index in [9.17, 15) is 34.8 Å². The maximum Gasteiger partial charge on any atom is 0.255 e. The lowest BCUT2D eigenvalue weighted by Crippen LogP contribution is -2.58. The highest BCUT2D eigenvalue weighted by atomic mass is 16.5. The molecule has 3 aliphatic rings. The van der Waals surface area contributed by atoms with E-state index in [0.717, 1.165) is 5.56 Å². The molecule has 6 N–H and O–H groups in total. The minimum Gasteiger partial charge on any atom is -0.508 e. The van der Waals surface area contributed by atoms with Crippen molar-refractivity contribution in [3.05, 3.63) is 69.5 Å². The van der Waals surface area contributed by atoms with Gasteiger partial charge in [-0.1, -0.05) is 24.3 Å². The van der Waals surface area contributed by atoms with Crippen LogP contribution in [0.15, 0.2) is 47.2 Å². The number of nitrogens with two attached hydrogens (primary N) is 1. The first-order valence-electron chi connectivity index (χ1n) is 12.2. The van der Waals surface area contributed by atoms with E-state index in [2.05, 4.69) is 0 Å². The Labute approximate surface area is 223 Å². The van der Waals surface area contributed by atoms with Crippen molar-refractivity contribution < 1.29 is 44.3 Å². The molecule has 39 heavy (non-hydrogen) atoms. The highest BCUT2D eigenvalue weighted by Crippen LogP contribution is 2.52. The number of hydrogen-bond donors (Lipinski definition) is 5. The number of ether oxygens (including phenoxy) is 2. The Morgan fingerprint density at radius 3 is 2.41 bits per heavy atom. The zero-order valence-corrected chi connectivity index (χ0v) is 21.2. The lowest BCUT2D eigenvalue weighted by molar-refractivity contribution is -0.147. The molecule has 1 saturated carbocycles. The molecule has 3 atom stereocenters. The summed E-state index contributed by atoms with van der Waals surface area (Å²) in [7, 11) is 3.07. The molecule has 0 saturated heterocycles. The minimum atomic E-state index is -2.59. The second kappa shape index (κ2) is 9.32. The first-order chi connectivity index (χ1) is 18.5. The van der Waals surface area contributed by atoms with Crippen LogP contribution < -0.4 is 15.2 Å². The van der Waals surface area contributed by atoms with Crippen LogP contribution >= 0.6 is 0 Å². The number of amides is 1. The van der Waals surface area contributed by atoms with E-state index in [-0.39, 0.29) is 36.1 Å². The summed E-state index contributed by atoms with van der Waals surface area (Å²) >= 11 is 0. The molecule has 1 amide bonds. The number of hydrogen-bond acceptors (Lipinski definition) is 9. The van der Waals surface area contributed by atoms with Crippen molar-refractivity contribution in [1.82, 2.24) is 0 Å². The number of aromatic hydroxyl groups is 1. The van der Waals surface area contributed by atoms with Gasteiger partial charge in [0.1, 0.15) is 22.8 Å². The molecule has 0 aromatic heterocycles. The maximum absolute atomic E-state index is 13.6. The normalized spacial score (nSPS) is 24.4. The number of ketones is 2. The van der Waals surface area contributed by atoms with Crippen molar-refractivity contribution in [2.75, 3.05) is 14.2 Å². The van der Waals surface area contributed by atoms with Gasteiger partial charge in [-0.2, -0.15) is 0 Å². The molecule has 10 nitrogen and oxygen atoms in total. The fraction of sp³-hybridized carbons (Fsp3) is 0.276. The third-order valence-corrected chi connectivity index (χ3v) is 7.85. The van der Waals surface area contributed by atoms with Gasteiger partial charge in [0.05, 0.1) is 19.8 Å². The van der Waals surface area contributed by atoms with Crippen molar-refractivity contribution in [3.8, 4) is 17.2 Å². The Balaban J connectivity index is 1.59. The van der Waals surface area contributed by atoms with Crippen LogP contribution in [0.2, 0.25) is 0 Å². The number of phenolic OH excluding ortho intramolecular Hbond substituents is 1. The molecule has 0 spiro atoms. The number of aliphatic hydroxyl groups is 3. The molecule has 1 fully saturated rings. The summed E-state index contributed by atoms with van der Waals surface area (Å²) in [6.07, 6.45) is 3.54. The smallest absolute Gasteiger partial charge is 0.255 e. The lowest BCUT2D eigenvalue weighted by atomic mass is 9.59. The molecule has 0 radical (unpaired) electrons. The second-order valence-corrected chi connectivity index (χ2v) is 9.88. The molecular formula is C29H27NO9. The number of phenols is 1. The van der Waals surface area contributed by atoms with Crippen LogP contribution in [-0.2, 0) is 20.8 Å². The SMILES string of the molecule is COc1ccc(/C=C/c2ccc(O)c3c2CC2CC4CC(=O)C(C(N)=O)=C(O)C4(O)C(=O)C2=C3O)cc1OC. The van der Waals surface area contributed by atoms with Gasteiger partial charge in [-0.25, -0.2) is 0 Å². The van der Waals surface area contributed by atoms with E-state index >= 15 is 0 Å². The Hall–Kier alpha value is -4.57. The monoisotopic (exact) mass is 533 g/mol. The summed E-state index contributed by atoms with van der Waals surface area (Å²) in [4.78, 5) is 37.9. The van der Waals surface area contributed by atoms with E-state index < -0.39 is 52.0 Å². The van der Waals surface area contributed by atoms with E-state index in [4.69, 9.17) is 15.2 Å². The van der Waals surface area contributed by atoms with E-state index in [1.807, 2.05) is 12.1 Å². The van der Waals surface area contributed by atoms with Gasteiger partial charge in [-0.3, -0.25) is 14.4 Å². The minimum absolute atomic E-state index is 0.0385. The van der Waals surface area contributed by atoms with E-state index in [1.165, 1.54) is 13.2 Å². The van der Waals surface area contributed by atoms with Crippen LogP contribution in [-0.4, -0.2) is 57.7 Å². The van der Waals surface area contributed by atoms with Gasteiger partial charge in [0.2, 0.25) is 5.78 Å². The summed E-state index contributed by atoms with van der Waals surface area (Å²) in [5, 5.41) is 43.9. The Morgan fingerprint density at radius 2 is 1.74 bits per heavy atom. The average Bonchev–Trinajstić information content (AvgIpc) is 2.89. The van der Waals surface area contributed by atoms with Crippen LogP contribution in [0.3, 0.4) is 0 Å². The summed E-state index contributed by atoms with van der Waals surface area (Å²) in [6.45, 7) is 0. The molecule has 0 aliphatic heterocycles. The summed E-state index contributed by atoms with van der Waals surface area (Å²) in [5.41, 5.74) is 3.73. The van der Waals surface area contributed by atoms with Gasteiger partial charge >= 0.3 is 0 Å². The third kappa shape index (κ3) is 3.87. The summed E-state index contributed by atoms with van der Waals surface area (Å²) < 4.78 is 10.6. The highest BCUT2D eigenvalue weighted by Gasteiger charge is 2.60. The summed E-state index contributed by atoms with van der Waals surface area (Å²) in [5.74, 6) is -5.44. The second-order valence-electron chi connectivity index (χ2n) is 9.88. The Bertz CT molecular complexity index is 1530. The third-order valence-electron chi connectivity index (χ3n) is 7.85. The maximum atomic E-state index is 13.6. The van der Waals surface area contributed by atoms with Crippen LogP contribution in [0, 0.1) is 11.8 Å². The summed E-state index contributed by atoms with van der Waals surface area (Å²) in [6, 6.07) is 8.46. The van der Waals surface area contributed by atoms with Crippen molar-refractivity contribution in [2.45, 2.75) is 24.9 Å². The van der Waals surface area contributed by atoms with Gasteiger partial charge < -0.3 is 35.6 Å². The highest BCUT2D eigenvalue weighted by molar-refractivity contribution is 6.22. The molecule has 10 heteroatoms. The standard InChI is InChI=1S/C29H27NO9/c1-38-20-8-4-13(9-21(20)39-2)3-5-14-6-7-18(31)23-17(14)11-15-10-16-12-19(32)24(28(30)36)27(35)29(16,37)26(34)22(15)25(23)33/h3-9,15-16,31,33,35,37H,10-12H2,1-2H3,(H2,30,36)/b5-3+. The number of carbonyl (C=O) groups is 3. The lowest BCUT2D eigenvalue weighted by Gasteiger charge is -2.46. The zero-order valence-electron chi connectivity index (χ0n) is 21.2. The van der Waals surface area contributed by atoms with Crippen molar-refractivity contribution >= 4 is 35.4 Å². The van der Waals surface area contributed by atoms with E-state index in [1.54, 1.807) is 31.4 Å². The van der Waals surface area contributed by atoms with Crippen LogP contribution in [0.5, 0.6) is 17.2 Å². The van der Waals surface area contributed by atoms with Crippen molar-refractivity contribution in [2.24, 2.45) is 17.6 Å². The Kier molecular flexibility index (Phi) is 6.22. The molecular weight excluding hydrogens is 506 g/mol. The number of carbonyl (C=O) groups excluding carboxylic acids is 3. The van der Waals surface area contributed by atoms with Gasteiger partial charge in [0.25, 0.3) is 5.91 Å². The molecule has 2 aromatic carbocycles. The number of rotatable bonds is 5. The van der Waals surface area contributed by atoms with Crippen LogP contribution in [0.4, 0.5) is 0 Å². The number of methoxy groups -OCH3 is 2. The predicted molar refractivity (Wildman–Crippen MR) is 140 cm³/mol. The predicted octanol–water partition coefficient (Wildman–Crippen LogP) is 2.61. The zero-order chi connectivity index (χ0) is 28.2. The van der Waals surface area contributed by atoms with Crippen LogP contribution in [0.25, 0.3) is 17.9 Å². The number of benzene rings is 2. The number of aliphatic hydroxyl groups excluding tert-OH is 2. The fourth-order valence-corrected chi connectivity index (χ4v) is 5.94.